The van der Waals surface area contributed by atoms with Gasteiger partial charge in [0.25, 0.3) is 5.69 Å². The second-order valence-corrected chi connectivity index (χ2v) is 3.90. The maximum Gasteiger partial charge on any atom is 0.317 e. The number of nitro groups is 1. The molecular weight excluding hydrogens is 271 g/mol. The summed E-state index contributed by atoms with van der Waals surface area (Å²) in [5, 5.41) is 21.9. The molecule has 0 aromatic heterocycles. The molecule has 0 atom stereocenters. The molecule has 2 N–H and O–H groups in total. The van der Waals surface area contributed by atoms with Gasteiger partial charge < -0.3 is 10.4 Å². The molecule has 0 aliphatic carbocycles. The summed E-state index contributed by atoms with van der Waals surface area (Å²) in [6.07, 6.45) is 0. The van der Waals surface area contributed by atoms with E-state index >= 15 is 0 Å². The monoisotopic (exact) mass is 278 g/mol. The van der Waals surface area contributed by atoms with Crippen molar-refractivity contribution >= 4 is 34.9 Å². The number of halogens is 2. The van der Waals surface area contributed by atoms with Gasteiger partial charge in [-0.3, -0.25) is 14.9 Å². The lowest BCUT2D eigenvalue weighted by Crippen LogP contribution is -2.22. The summed E-state index contributed by atoms with van der Waals surface area (Å²) in [6.45, 7) is -0.359. The fourth-order valence-corrected chi connectivity index (χ4v) is 1.62. The van der Waals surface area contributed by atoms with Crippen molar-refractivity contribution < 1.29 is 14.8 Å². The standard InChI is InChI=1S/C9H8Cl2N2O4/c10-6-1-2-7(13(16)17)5(9(6)11)3-12-4-8(14)15/h1-2,12H,3-4H2,(H,14,15). The van der Waals surface area contributed by atoms with Crippen molar-refractivity contribution in [2.45, 2.75) is 6.54 Å². The van der Waals surface area contributed by atoms with Crippen LogP contribution in [-0.2, 0) is 11.3 Å². The highest BCUT2D eigenvalue weighted by Gasteiger charge is 2.18. The minimum Gasteiger partial charge on any atom is -0.480 e. The predicted molar refractivity (Wildman–Crippen MR) is 62.5 cm³/mol. The van der Waals surface area contributed by atoms with E-state index in [0.717, 1.165) is 0 Å². The predicted octanol–water partition coefficient (Wildman–Crippen LogP) is 2.08. The van der Waals surface area contributed by atoms with Gasteiger partial charge in [-0.05, 0) is 6.07 Å². The lowest BCUT2D eigenvalue weighted by Gasteiger charge is -2.07. The van der Waals surface area contributed by atoms with Crippen molar-refractivity contribution in [2.75, 3.05) is 6.54 Å². The first-order chi connectivity index (χ1) is 7.93. The Kier molecular flexibility index (Phi) is 4.68. The zero-order chi connectivity index (χ0) is 13.0. The van der Waals surface area contributed by atoms with Gasteiger partial charge in [0.2, 0.25) is 0 Å². The molecule has 0 saturated heterocycles. The third-order valence-corrected chi connectivity index (χ3v) is 2.79. The molecule has 0 amide bonds. The van der Waals surface area contributed by atoms with Crippen LogP contribution in [0.15, 0.2) is 12.1 Å². The SMILES string of the molecule is O=C(O)CNCc1c([N+](=O)[O-])ccc(Cl)c1Cl. The van der Waals surface area contributed by atoms with Gasteiger partial charge >= 0.3 is 5.97 Å². The third-order valence-electron chi connectivity index (χ3n) is 1.95. The van der Waals surface area contributed by atoms with E-state index in [1.807, 2.05) is 0 Å². The molecule has 92 valence electrons. The van der Waals surface area contributed by atoms with Crippen molar-refractivity contribution in [2.24, 2.45) is 0 Å². The first-order valence-corrected chi connectivity index (χ1v) is 5.23. The number of rotatable bonds is 5. The smallest absolute Gasteiger partial charge is 0.317 e. The maximum atomic E-state index is 10.7. The van der Waals surface area contributed by atoms with E-state index in [0.29, 0.717) is 0 Å². The normalized spacial score (nSPS) is 10.2. The summed E-state index contributed by atoms with van der Waals surface area (Å²) in [4.78, 5) is 20.4. The van der Waals surface area contributed by atoms with Crippen LogP contribution in [0.3, 0.4) is 0 Å². The van der Waals surface area contributed by atoms with Gasteiger partial charge in [-0.1, -0.05) is 23.2 Å². The minimum absolute atomic E-state index is 0.0397. The topological polar surface area (TPSA) is 92.5 Å². The zero-order valence-corrected chi connectivity index (χ0v) is 9.96. The molecule has 1 aromatic rings. The zero-order valence-electron chi connectivity index (χ0n) is 8.44. The first kappa shape index (κ1) is 13.7. The van der Waals surface area contributed by atoms with Gasteiger partial charge in [0.1, 0.15) is 0 Å². The lowest BCUT2D eigenvalue weighted by molar-refractivity contribution is -0.385. The van der Waals surface area contributed by atoms with Gasteiger partial charge in [-0.2, -0.15) is 0 Å². The molecule has 17 heavy (non-hydrogen) atoms. The Balaban J connectivity index is 2.98. The molecule has 0 heterocycles. The number of carboxylic acids is 1. The van der Waals surface area contributed by atoms with Crippen molar-refractivity contribution in [3.8, 4) is 0 Å². The average molecular weight is 279 g/mol. The number of aliphatic carboxylic acids is 1. The molecular formula is C9H8Cl2N2O4. The highest BCUT2D eigenvalue weighted by Crippen LogP contribution is 2.32. The molecule has 0 aliphatic rings. The van der Waals surface area contributed by atoms with E-state index in [1.54, 1.807) is 0 Å². The Morgan fingerprint density at radius 3 is 2.65 bits per heavy atom. The summed E-state index contributed by atoms with van der Waals surface area (Å²) < 4.78 is 0. The van der Waals surface area contributed by atoms with Gasteiger partial charge in [0.05, 0.1) is 27.1 Å². The van der Waals surface area contributed by atoms with Crippen molar-refractivity contribution in [1.29, 1.82) is 0 Å². The second kappa shape index (κ2) is 5.81. The molecule has 0 spiro atoms. The van der Waals surface area contributed by atoms with Crippen LogP contribution in [-0.4, -0.2) is 22.5 Å². The fraction of sp³-hybridized carbons (Fsp3) is 0.222. The molecule has 0 bridgehead atoms. The quantitative estimate of drug-likeness (QED) is 0.635. The molecule has 1 rings (SSSR count). The van der Waals surface area contributed by atoms with Gasteiger partial charge in [0, 0.05) is 12.6 Å². The van der Waals surface area contributed by atoms with E-state index < -0.39 is 10.9 Å². The highest BCUT2D eigenvalue weighted by molar-refractivity contribution is 6.42. The number of nitrogens with one attached hydrogen (secondary N) is 1. The van der Waals surface area contributed by atoms with Crippen LogP contribution in [0.25, 0.3) is 0 Å². The Morgan fingerprint density at radius 1 is 1.47 bits per heavy atom. The third kappa shape index (κ3) is 3.55. The van der Waals surface area contributed by atoms with Gasteiger partial charge in [0.15, 0.2) is 0 Å². The fourth-order valence-electron chi connectivity index (χ4n) is 1.22. The summed E-state index contributed by atoms with van der Waals surface area (Å²) in [5.41, 5.74) is -0.0253. The van der Waals surface area contributed by atoms with Crippen molar-refractivity contribution in [3.05, 3.63) is 37.9 Å². The summed E-state index contributed by atoms with van der Waals surface area (Å²) in [6, 6.07) is 2.55. The molecule has 0 unspecified atom stereocenters. The minimum atomic E-state index is -1.06. The Labute approximate surface area is 106 Å². The van der Waals surface area contributed by atoms with E-state index in [-0.39, 0.29) is 34.4 Å². The molecule has 0 saturated carbocycles. The summed E-state index contributed by atoms with van der Waals surface area (Å²) in [7, 11) is 0. The Morgan fingerprint density at radius 2 is 2.12 bits per heavy atom. The van der Waals surface area contributed by atoms with Crippen LogP contribution >= 0.6 is 23.2 Å². The first-order valence-electron chi connectivity index (χ1n) is 4.47. The van der Waals surface area contributed by atoms with Crippen LogP contribution in [0, 0.1) is 10.1 Å². The molecule has 0 fully saturated rings. The number of hydrogen-bond acceptors (Lipinski definition) is 4. The van der Waals surface area contributed by atoms with Crippen LogP contribution in [0.5, 0.6) is 0 Å². The second-order valence-electron chi connectivity index (χ2n) is 3.11. The Hall–Kier alpha value is -1.37. The number of carbonyl (C=O) groups is 1. The number of benzene rings is 1. The molecule has 0 aliphatic heterocycles. The molecule has 1 aromatic carbocycles. The number of nitrogens with zero attached hydrogens (tertiary/aromatic N) is 1. The van der Waals surface area contributed by atoms with Crippen LogP contribution in [0.4, 0.5) is 5.69 Å². The Bertz CT molecular complexity index is 465. The highest BCUT2D eigenvalue weighted by atomic mass is 35.5. The summed E-state index contributed by atoms with van der Waals surface area (Å²) in [5.74, 6) is -1.06. The van der Waals surface area contributed by atoms with Crippen LogP contribution < -0.4 is 5.32 Å². The molecule has 8 heteroatoms. The maximum absolute atomic E-state index is 10.7. The molecule has 0 radical (unpaired) electrons. The van der Waals surface area contributed by atoms with Crippen LogP contribution in [0.1, 0.15) is 5.56 Å². The van der Waals surface area contributed by atoms with Gasteiger partial charge in [-0.25, -0.2) is 0 Å². The van der Waals surface area contributed by atoms with Crippen molar-refractivity contribution in [1.82, 2.24) is 5.32 Å². The van der Waals surface area contributed by atoms with Crippen molar-refractivity contribution in [3.63, 3.8) is 0 Å². The van der Waals surface area contributed by atoms with E-state index in [2.05, 4.69) is 5.32 Å². The lowest BCUT2D eigenvalue weighted by atomic mass is 10.2. The summed E-state index contributed by atoms with van der Waals surface area (Å²) >= 11 is 11.6. The molecule has 6 nitrogen and oxygen atoms in total. The number of hydrogen-bond donors (Lipinski definition) is 2. The number of carboxylic acid groups (broad SMARTS) is 1. The van der Waals surface area contributed by atoms with Crippen LogP contribution in [0.2, 0.25) is 10.0 Å². The average Bonchev–Trinajstić information content (AvgIpc) is 2.23. The van der Waals surface area contributed by atoms with E-state index in [9.17, 15) is 14.9 Å². The van der Waals surface area contributed by atoms with Gasteiger partial charge in [-0.15, -0.1) is 0 Å². The number of nitro benzene ring substituents is 1. The van der Waals surface area contributed by atoms with E-state index in [1.165, 1.54) is 12.1 Å². The largest absolute Gasteiger partial charge is 0.480 e. The van der Waals surface area contributed by atoms with E-state index in [4.69, 9.17) is 28.3 Å².